The second-order valence-corrected chi connectivity index (χ2v) is 5.88. The smallest absolute Gasteiger partial charge is 0.250 e. The molecule has 1 aromatic carbocycles. The van der Waals surface area contributed by atoms with Crippen LogP contribution in [0.15, 0.2) is 57.3 Å². The van der Waals surface area contributed by atoms with E-state index in [1.54, 1.807) is 44.5 Å². The summed E-state index contributed by atoms with van der Waals surface area (Å²) in [6.07, 6.45) is 5.37. The fourth-order valence-corrected chi connectivity index (χ4v) is 2.31. The number of primary amides is 1. The Hall–Kier alpha value is -3.35. The summed E-state index contributed by atoms with van der Waals surface area (Å²) in [6.45, 7) is 5.44. The van der Waals surface area contributed by atoms with Gasteiger partial charge in [-0.25, -0.2) is 4.99 Å². The zero-order valence-corrected chi connectivity index (χ0v) is 16.2. The maximum Gasteiger partial charge on any atom is 0.250 e. The van der Waals surface area contributed by atoms with Gasteiger partial charge in [0.05, 0.1) is 28.4 Å². The van der Waals surface area contributed by atoms with Crippen LogP contribution in [0.3, 0.4) is 0 Å². The number of nitrogens with two attached hydrogens (primary N) is 3. The van der Waals surface area contributed by atoms with E-state index in [9.17, 15) is 9.90 Å². The van der Waals surface area contributed by atoms with E-state index in [1.807, 2.05) is 13.8 Å². The van der Waals surface area contributed by atoms with Crippen molar-refractivity contribution in [2.24, 2.45) is 27.2 Å². The van der Waals surface area contributed by atoms with Gasteiger partial charge in [0.1, 0.15) is 5.75 Å². The van der Waals surface area contributed by atoms with Crippen molar-refractivity contribution >= 4 is 23.5 Å². The fraction of sp³-hybridized carbons (Fsp3) is 0.250. The lowest BCUT2D eigenvalue weighted by Crippen LogP contribution is -2.20. The summed E-state index contributed by atoms with van der Waals surface area (Å²) in [4.78, 5) is 20.3. The van der Waals surface area contributed by atoms with Crippen LogP contribution in [0.2, 0.25) is 0 Å². The predicted octanol–water partition coefficient (Wildman–Crippen LogP) is 2.15. The molecule has 0 aliphatic rings. The van der Waals surface area contributed by atoms with Crippen LogP contribution >= 0.6 is 0 Å². The Balaban J connectivity index is 3.78. The Morgan fingerprint density at radius 3 is 2.48 bits per heavy atom. The van der Waals surface area contributed by atoms with Gasteiger partial charge < -0.3 is 22.3 Å². The van der Waals surface area contributed by atoms with Gasteiger partial charge in [-0.1, -0.05) is 19.1 Å². The predicted molar refractivity (Wildman–Crippen MR) is 111 cm³/mol. The molecule has 0 aliphatic heterocycles. The lowest BCUT2D eigenvalue weighted by Gasteiger charge is -2.14. The molecular formula is C20H27N5O2. The number of aliphatic imine (C=N–C) groups is 2. The Morgan fingerprint density at radius 2 is 1.93 bits per heavy atom. The first-order valence-electron chi connectivity index (χ1n) is 8.46. The minimum Gasteiger partial charge on any atom is -0.508 e. The minimum atomic E-state index is -0.654. The highest BCUT2D eigenvalue weighted by Gasteiger charge is 2.17. The topological polar surface area (TPSA) is 140 Å². The molecule has 0 aliphatic carbocycles. The summed E-state index contributed by atoms with van der Waals surface area (Å²) in [5.74, 6) is -0.602. The van der Waals surface area contributed by atoms with Crippen LogP contribution < -0.4 is 17.2 Å². The number of aromatic hydroxyl groups is 1. The van der Waals surface area contributed by atoms with Crippen LogP contribution in [0, 0.1) is 6.92 Å². The molecule has 0 aromatic heterocycles. The summed E-state index contributed by atoms with van der Waals surface area (Å²) in [5, 5.41) is 9.91. The number of amides is 1. The fourth-order valence-electron chi connectivity index (χ4n) is 2.31. The number of carbonyl (C=O) groups is 1. The average Bonchev–Trinajstić information content (AvgIpc) is 2.63. The quantitative estimate of drug-likeness (QED) is 0.332. The maximum absolute atomic E-state index is 11.9. The van der Waals surface area contributed by atoms with Crippen molar-refractivity contribution in [1.29, 1.82) is 0 Å². The molecule has 0 fully saturated rings. The molecule has 0 spiro atoms. The lowest BCUT2D eigenvalue weighted by atomic mass is 10.00. The van der Waals surface area contributed by atoms with Crippen molar-refractivity contribution < 1.29 is 9.90 Å². The molecule has 0 saturated carbocycles. The van der Waals surface area contributed by atoms with Crippen LogP contribution in [-0.2, 0) is 4.79 Å². The molecule has 7 heteroatoms. The molecule has 7 nitrogen and oxygen atoms in total. The Morgan fingerprint density at radius 1 is 1.26 bits per heavy atom. The van der Waals surface area contributed by atoms with Gasteiger partial charge in [-0.2, -0.15) is 0 Å². The summed E-state index contributed by atoms with van der Waals surface area (Å²) in [7, 11) is 1.63. The molecule has 0 heterocycles. The zero-order valence-electron chi connectivity index (χ0n) is 16.2. The normalized spacial score (nSPS) is 14.4. The third-order valence-corrected chi connectivity index (χ3v) is 3.80. The van der Waals surface area contributed by atoms with E-state index in [-0.39, 0.29) is 17.0 Å². The highest BCUT2D eigenvalue weighted by atomic mass is 16.3. The van der Waals surface area contributed by atoms with E-state index in [0.717, 1.165) is 5.56 Å². The number of aryl methyl sites for hydroxylation is 1. The first-order chi connectivity index (χ1) is 12.7. The molecule has 0 bridgehead atoms. The zero-order chi connectivity index (χ0) is 20.6. The molecule has 7 N–H and O–H groups in total. The van der Waals surface area contributed by atoms with Gasteiger partial charge in [-0.05, 0) is 44.0 Å². The van der Waals surface area contributed by atoms with Crippen molar-refractivity contribution in [2.45, 2.75) is 27.2 Å². The van der Waals surface area contributed by atoms with Gasteiger partial charge in [-0.3, -0.25) is 9.79 Å². The Labute approximate surface area is 159 Å². The molecule has 144 valence electrons. The number of nitrogens with zero attached hydrogens (tertiary/aromatic N) is 2. The molecule has 0 radical (unpaired) electrons. The van der Waals surface area contributed by atoms with Crippen molar-refractivity contribution in [3.63, 3.8) is 0 Å². The summed E-state index contributed by atoms with van der Waals surface area (Å²) in [5.41, 5.74) is 20.7. The van der Waals surface area contributed by atoms with Crippen molar-refractivity contribution in [1.82, 2.24) is 0 Å². The van der Waals surface area contributed by atoms with Gasteiger partial charge in [-0.15, -0.1) is 0 Å². The number of hydrogen-bond acceptors (Lipinski definition) is 6. The van der Waals surface area contributed by atoms with Crippen molar-refractivity contribution in [3.05, 3.63) is 58.4 Å². The molecular weight excluding hydrogens is 342 g/mol. The number of benzene rings is 1. The molecule has 1 rings (SSSR count). The number of phenolic OH excluding ortho intramolecular Hbond substituents is 1. The largest absolute Gasteiger partial charge is 0.508 e. The minimum absolute atomic E-state index is 0.0514. The third-order valence-electron chi connectivity index (χ3n) is 3.80. The van der Waals surface area contributed by atoms with Crippen LogP contribution in [0.4, 0.5) is 0 Å². The van der Waals surface area contributed by atoms with Crippen LogP contribution in [0.1, 0.15) is 31.4 Å². The first kappa shape index (κ1) is 21.7. The summed E-state index contributed by atoms with van der Waals surface area (Å²) in [6, 6.07) is 4.83. The molecule has 1 aromatic rings. The second-order valence-electron chi connectivity index (χ2n) is 5.88. The van der Waals surface area contributed by atoms with Gasteiger partial charge >= 0.3 is 0 Å². The molecule has 1 amide bonds. The summed E-state index contributed by atoms with van der Waals surface area (Å²) >= 11 is 0. The standard InChI is InChI=1S/C20H27N5O2/c1-5-6-15(20(23)27)18(22)19(16-11-14(26)8-7-12(16)2)25-13(3)17(21)9-10-24-4/h6-11,26H,5,21-22H2,1-4H3,(H2,23,27)/b15-6-,17-9-,19-18+,24-10?,25-13-. The SMILES string of the molecule is CC/C=C(C(N)=O)/C(N)=C(\N=C(C)/C(N)=C/C=NC)c1cc(O)ccc1C. The van der Waals surface area contributed by atoms with E-state index >= 15 is 0 Å². The molecule has 0 atom stereocenters. The van der Waals surface area contributed by atoms with Crippen LogP contribution in [0.5, 0.6) is 5.75 Å². The molecule has 27 heavy (non-hydrogen) atoms. The Kier molecular flexibility index (Phi) is 8.00. The summed E-state index contributed by atoms with van der Waals surface area (Å²) < 4.78 is 0. The third kappa shape index (κ3) is 5.85. The first-order valence-corrected chi connectivity index (χ1v) is 8.46. The Bertz CT molecular complexity index is 861. The highest BCUT2D eigenvalue weighted by molar-refractivity contribution is 6.05. The van der Waals surface area contributed by atoms with E-state index in [2.05, 4.69) is 9.98 Å². The number of allylic oxidation sites excluding steroid dienone is 3. The van der Waals surface area contributed by atoms with Gasteiger partial charge in [0.2, 0.25) is 0 Å². The van der Waals surface area contributed by atoms with Gasteiger partial charge in [0.25, 0.3) is 5.91 Å². The highest BCUT2D eigenvalue weighted by Crippen LogP contribution is 2.28. The van der Waals surface area contributed by atoms with Gasteiger partial charge in [0.15, 0.2) is 0 Å². The monoisotopic (exact) mass is 369 g/mol. The number of phenols is 1. The van der Waals surface area contributed by atoms with E-state index in [1.165, 1.54) is 6.07 Å². The van der Waals surface area contributed by atoms with E-state index < -0.39 is 5.91 Å². The maximum atomic E-state index is 11.9. The molecule has 0 unspecified atom stereocenters. The van der Waals surface area contributed by atoms with Gasteiger partial charge in [0, 0.05) is 18.8 Å². The number of carbonyl (C=O) groups excluding carboxylic acids is 1. The van der Waals surface area contributed by atoms with Crippen molar-refractivity contribution in [2.75, 3.05) is 7.05 Å². The molecule has 0 saturated heterocycles. The number of hydrogen-bond donors (Lipinski definition) is 4. The second kappa shape index (κ2) is 9.96. The van der Waals surface area contributed by atoms with E-state index in [0.29, 0.717) is 29.1 Å². The van der Waals surface area contributed by atoms with Crippen LogP contribution in [0.25, 0.3) is 5.70 Å². The average molecular weight is 369 g/mol. The van der Waals surface area contributed by atoms with E-state index in [4.69, 9.17) is 17.2 Å². The number of rotatable bonds is 7. The lowest BCUT2D eigenvalue weighted by molar-refractivity contribution is -0.114. The van der Waals surface area contributed by atoms with Crippen LogP contribution in [-0.4, -0.2) is 30.0 Å². The van der Waals surface area contributed by atoms with Crippen molar-refractivity contribution in [3.8, 4) is 5.75 Å².